The molecule has 8 heteroatoms. The molecule has 1 fully saturated rings. The van der Waals surface area contributed by atoms with Gasteiger partial charge in [-0.3, -0.25) is 19.3 Å². The summed E-state index contributed by atoms with van der Waals surface area (Å²) in [5, 5.41) is 2.28. The minimum atomic E-state index is -0.442. The van der Waals surface area contributed by atoms with Crippen molar-refractivity contribution in [2.75, 3.05) is 23.3 Å². The maximum Gasteiger partial charge on any atom is 0.294 e. The van der Waals surface area contributed by atoms with E-state index < -0.39 is 17.1 Å². The van der Waals surface area contributed by atoms with Crippen LogP contribution >= 0.6 is 27.7 Å². The number of amides is 3. The van der Waals surface area contributed by atoms with Crippen molar-refractivity contribution < 1.29 is 14.4 Å². The average molecular weight is 542 g/mol. The molecule has 1 saturated heterocycles. The van der Waals surface area contributed by atoms with Crippen LogP contribution in [0.1, 0.15) is 51.2 Å². The topological polar surface area (TPSA) is 69.7 Å². The quantitative estimate of drug-likeness (QED) is 0.454. The van der Waals surface area contributed by atoms with E-state index in [2.05, 4.69) is 66.0 Å². The summed E-state index contributed by atoms with van der Waals surface area (Å²) in [5.41, 5.74) is 4.04. The van der Waals surface area contributed by atoms with Gasteiger partial charge in [-0.2, -0.15) is 0 Å². The largest absolute Gasteiger partial charge is 0.366 e. The van der Waals surface area contributed by atoms with Crippen LogP contribution in [0, 0.1) is 0 Å². The van der Waals surface area contributed by atoms with E-state index in [1.165, 1.54) is 11.3 Å². The lowest BCUT2D eigenvalue weighted by molar-refractivity contribution is -0.127. The van der Waals surface area contributed by atoms with Crippen molar-refractivity contribution in [3.8, 4) is 0 Å². The monoisotopic (exact) mass is 541 g/mol. The molecule has 3 amide bonds. The lowest BCUT2D eigenvalue weighted by Gasteiger charge is -2.47. The first kappa shape index (κ1) is 24.5. The van der Waals surface area contributed by atoms with Gasteiger partial charge in [0.05, 0.1) is 4.91 Å². The van der Waals surface area contributed by atoms with E-state index in [9.17, 15) is 14.4 Å². The predicted molar refractivity (Wildman–Crippen MR) is 142 cm³/mol. The highest BCUT2D eigenvalue weighted by Crippen LogP contribution is 2.44. The number of anilines is 2. The molecule has 2 aromatic carbocycles. The molecule has 0 saturated carbocycles. The number of hydrogen-bond donors (Lipinski definition) is 1. The molecule has 178 valence electrons. The number of halogens is 1. The van der Waals surface area contributed by atoms with E-state index in [0.717, 1.165) is 39.7 Å². The molecule has 2 aromatic rings. The highest BCUT2D eigenvalue weighted by atomic mass is 79.9. The van der Waals surface area contributed by atoms with Gasteiger partial charge in [-0.05, 0) is 98.5 Å². The standard InChI is InChI=1S/C26H28BrN3O3S/c1-5-30-21-11-6-17(12-20(21)16(2)14-26(30,3)4)13-22-24(32)29(25(33)34-22)15-23(31)28-19-9-7-18(27)8-10-19/h6-13,16H,5,14-15H2,1-4H3,(H,28,31)/b22-13-/t16-/m1/s1. The molecule has 0 aliphatic carbocycles. The third kappa shape index (κ3) is 4.93. The van der Waals surface area contributed by atoms with Crippen molar-refractivity contribution in [3.63, 3.8) is 0 Å². The minimum absolute atomic E-state index is 0.0855. The number of carbonyl (C=O) groups is 3. The van der Waals surface area contributed by atoms with Crippen LogP contribution in [0.15, 0.2) is 51.8 Å². The first-order valence-corrected chi connectivity index (χ1v) is 12.9. The van der Waals surface area contributed by atoms with Gasteiger partial charge in [-0.25, -0.2) is 0 Å². The minimum Gasteiger partial charge on any atom is -0.366 e. The third-order valence-electron chi connectivity index (χ3n) is 6.33. The fourth-order valence-corrected chi connectivity index (χ4v) is 5.96. The number of hydrogen-bond acceptors (Lipinski definition) is 5. The second-order valence-electron chi connectivity index (χ2n) is 9.30. The Bertz CT molecular complexity index is 1180. The van der Waals surface area contributed by atoms with Gasteiger partial charge in [0.25, 0.3) is 11.1 Å². The summed E-state index contributed by atoms with van der Waals surface area (Å²) >= 11 is 4.22. The number of carbonyl (C=O) groups excluding carboxylic acids is 3. The fourth-order valence-electron chi connectivity index (χ4n) is 4.86. The summed E-state index contributed by atoms with van der Waals surface area (Å²) in [5.74, 6) is -0.475. The zero-order valence-corrected chi connectivity index (χ0v) is 22.1. The van der Waals surface area contributed by atoms with Crippen LogP contribution in [0.4, 0.5) is 16.2 Å². The first-order chi connectivity index (χ1) is 16.1. The maximum atomic E-state index is 12.9. The van der Waals surface area contributed by atoms with Crippen molar-refractivity contribution in [2.24, 2.45) is 0 Å². The number of nitrogens with one attached hydrogen (secondary N) is 1. The van der Waals surface area contributed by atoms with E-state index in [4.69, 9.17) is 0 Å². The predicted octanol–water partition coefficient (Wildman–Crippen LogP) is 6.24. The molecule has 2 heterocycles. The number of benzene rings is 2. The lowest BCUT2D eigenvalue weighted by atomic mass is 9.79. The third-order valence-corrected chi connectivity index (χ3v) is 7.76. The summed E-state index contributed by atoms with van der Waals surface area (Å²) in [6.45, 7) is 9.54. The second-order valence-corrected chi connectivity index (χ2v) is 11.2. The molecule has 0 unspecified atom stereocenters. The van der Waals surface area contributed by atoms with Crippen molar-refractivity contribution in [1.29, 1.82) is 0 Å². The molecule has 1 atom stereocenters. The molecule has 0 bridgehead atoms. The Labute approximate surface area is 212 Å². The smallest absolute Gasteiger partial charge is 0.294 e. The van der Waals surface area contributed by atoms with E-state index >= 15 is 0 Å². The summed E-state index contributed by atoms with van der Waals surface area (Å²) in [6, 6.07) is 13.3. The first-order valence-electron chi connectivity index (χ1n) is 11.3. The highest BCUT2D eigenvalue weighted by Gasteiger charge is 2.37. The Morgan fingerprint density at radius 3 is 2.59 bits per heavy atom. The number of thioether (sulfide) groups is 1. The molecule has 1 N–H and O–H groups in total. The second kappa shape index (κ2) is 9.58. The van der Waals surface area contributed by atoms with Crippen LogP contribution in [0.5, 0.6) is 0 Å². The maximum absolute atomic E-state index is 12.9. The Kier molecular flexibility index (Phi) is 6.92. The molecular weight excluding hydrogens is 514 g/mol. The van der Waals surface area contributed by atoms with Crippen LogP contribution in [0.3, 0.4) is 0 Å². The molecule has 2 aliphatic heterocycles. The fraction of sp³-hybridized carbons (Fsp3) is 0.346. The van der Waals surface area contributed by atoms with Crippen LogP contribution in [-0.4, -0.2) is 40.6 Å². The number of imide groups is 1. The SMILES string of the molecule is CCN1c2ccc(/C=C3\SC(=O)N(CC(=O)Nc4ccc(Br)cc4)C3=O)cc2[C@H](C)CC1(C)C. The summed E-state index contributed by atoms with van der Waals surface area (Å²) in [4.78, 5) is 41.6. The van der Waals surface area contributed by atoms with E-state index in [0.29, 0.717) is 16.5 Å². The Morgan fingerprint density at radius 2 is 1.91 bits per heavy atom. The molecule has 2 aliphatic rings. The summed E-state index contributed by atoms with van der Waals surface area (Å²) < 4.78 is 0.893. The number of nitrogens with zero attached hydrogens (tertiary/aromatic N) is 2. The molecule has 4 rings (SSSR count). The van der Waals surface area contributed by atoms with Crippen molar-refractivity contribution in [2.45, 2.75) is 45.6 Å². The van der Waals surface area contributed by atoms with Crippen molar-refractivity contribution >= 4 is 62.2 Å². The summed E-state index contributed by atoms with van der Waals surface area (Å²) in [6.07, 6.45) is 2.79. The Hall–Kier alpha value is -2.58. The number of fused-ring (bicyclic) bond motifs is 1. The normalized spacial score (nSPS) is 20.6. The molecule has 0 aromatic heterocycles. The van der Waals surface area contributed by atoms with Gasteiger partial charge in [0.15, 0.2) is 0 Å². The average Bonchev–Trinajstić information content (AvgIpc) is 3.02. The van der Waals surface area contributed by atoms with Gasteiger partial charge in [0.1, 0.15) is 6.54 Å². The highest BCUT2D eigenvalue weighted by molar-refractivity contribution is 9.10. The molecule has 6 nitrogen and oxygen atoms in total. The molecule has 0 radical (unpaired) electrons. The molecule has 0 spiro atoms. The Morgan fingerprint density at radius 1 is 1.21 bits per heavy atom. The van der Waals surface area contributed by atoms with Crippen LogP contribution < -0.4 is 10.2 Å². The lowest BCUT2D eigenvalue weighted by Crippen LogP contribution is -2.48. The van der Waals surface area contributed by atoms with Gasteiger partial charge in [0, 0.05) is 27.9 Å². The van der Waals surface area contributed by atoms with Crippen LogP contribution in [0.2, 0.25) is 0 Å². The van der Waals surface area contributed by atoms with Crippen LogP contribution in [-0.2, 0) is 9.59 Å². The van der Waals surface area contributed by atoms with E-state index in [1.807, 2.05) is 6.07 Å². The Balaban J connectivity index is 1.50. The summed E-state index contributed by atoms with van der Waals surface area (Å²) in [7, 11) is 0. The van der Waals surface area contributed by atoms with Gasteiger partial charge < -0.3 is 10.2 Å². The van der Waals surface area contributed by atoms with Crippen LogP contribution in [0.25, 0.3) is 6.08 Å². The van der Waals surface area contributed by atoms with Crippen molar-refractivity contribution in [1.82, 2.24) is 4.90 Å². The van der Waals surface area contributed by atoms with Crippen molar-refractivity contribution in [3.05, 3.63) is 63.0 Å². The zero-order chi connectivity index (χ0) is 24.6. The van der Waals surface area contributed by atoms with Gasteiger partial charge in [-0.1, -0.05) is 28.9 Å². The van der Waals surface area contributed by atoms with E-state index in [1.54, 1.807) is 30.3 Å². The van der Waals surface area contributed by atoms with Gasteiger partial charge in [0.2, 0.25) is 5.91 Å². The van der Waals surface area contributed by atoms with E-state index in [-0.39, 0.29) is 12.1 Å². The van der Waals surface area contributed by atoms with Gasteiger partial charge >= 0.3 is 0 Å². The molecule has 34 heavy (non-hydrogen) atoms. The zero-order valence-electron chi connectivity index (χ0n) is 19.7. The van der Waals surface area contributed by atoms with Gasteiger partial charge in [-0.15, -0.1) is 0 Å². The molecular formula is C26H28BrN3O3S. The number of rotatable bonds is 5.